The summed E-state index contributed by atoms with van der Waals surface area (Å²) in [6.07, 6.45) is 0.818. The van der Waals surface area contributed by atoms with Crippen LogP contribution in [0.3, 0.4) is 0 Å². The maximum atomic E-state index is 12.6. The zero-order valence-corrected chi connectivity index (χ0v) is 13.4. The zero-order chi connectivity index (χ0) is 14.8. The van der Waals surface area contributed by atoms with Gasteiger partial charge in [-0.1, -0.05) is 34.1 Å². The molecule has 0 spiro atoms. The molecule has 21 heavy (non-hydrogen) atoms. The van der Waals surface area contributed by atoms with Crippen LogP contribution in [0.25, 0.3) is 0 Å². The van der Waals surface area contributed by atoms with Gasteiger partial charge in [0.1, 0.15) is 0 Å². The van der Waals surface area contributed by atoms with E-state index in [-0.39, 0.29) is 11.8 Å². The molecule has 2 N–H and O–H groups in total. The van der Waals surface area contributed by atoms with E-state index in [2.05, 4.69) is 26.6 Å². The van der Waals surface area contributed by atoms with Gasteiger partial charge in [0.25, 0.3) is 0 Å². The molecular formula is C17H17BrN2O. The van der Waals surface area contributed by atoms with Crippen LogP contribution in [0.2, 0.25) is 0 Å². The average molecular weight is 345 g/mol. The lowest BCUT2D eigenvalue weighted by Gasteiger charge is -2.26. The summed E-state index contributed by atoms with van der Waals surface area (Å²) in [6, 6.07) is 13.9. The number of nitrogens with one attached hydrogen (secondary N) is 2. The second-order valence-electron chi connectivity index (χ2n) is 5.31. The number of carbonyl (C=O) groups excluding carboxylic acids is 1. The number of aryl methyl sites for hydroxylation is 1. The summed E-state index contributed by atoms with van der Waals surface area (Å²) in [5, 5.41) is 6.37. The van der Waals surface area contributed by atoms with Crippen LogP contribution in [-0.4, -0.2) is 12.5 Å². The maximum Gasteiger partial charge on any atom is 0.232 e. The van der Waals surface area contributed by atoms with Crippen LogP contribution < -0.4 is 10.6 Å². The van der Waals surface area contributed by atoms with Crippen LogP contribution in [0.5, 0.6) is 0 Å². The van der Waals surface area contributed by atoms with Crippen molar-refractivity contribution in [3.8, 4) is 0 Å². The number of halogens is 1. The van der Waals surface area contributed by atoms with Gasteiger partial charge in [-0.15, -0.1) is 0 Å². The van der Waals surface area contributed by atoms with Crippen LogP contribution in [-0.2, 0) is 4.79 Å². The highest BCUT2D eigenvalue weighted by Crippen LogP contribution is 2.32. The van der Waals surface area contributed by atoms with E-state index < -0.39 is 0 Å². The Labute approximate surface area is 132 Å². The van der Waals surface area contributed by atoms with Crippen molar-refractivity contribution in [3.05, 3.63) is 58.1 Å². The molecule has 1 amide bonds. The number of fused-ring (bicyclic) bond motifs is 1. The molecule has 0 fully saturated rings. The number of para-hydroxylation sites is 1. The summed E-state index contributed by atoms with van der Waals surface area (Å²) in [5.41, 5.74) is 4.10. The smallest absolute Gasteiger partial charge is 0.232 e. The Hall–Kier alpha value is -1.81. The number of hydrogen-bond donors (Lipinski definition) is 2. The van der Waals surface area contributed by atoms with Crippen LogP contribution in [0.4, 0.5) is 11.4 Å². The summed E-state index contributed by atoms with van der Waals surface area (Å²) in [6.45, 7) is 2.84. The molecule has 2 aromatic rings. The Bertz CT molecular complexity index is 684. The molecular weight excluding hydrogens is 328 g/mol. The maximum absolute atomic E-state index is 12.6. The minimum Gasteiger partial charge on any atom is -0.385 e. The quantitative estimate of drug-likeness (QED) is 0.852. The SMILES string of the molecule is Cc1cc(NC(=O)C2CCNc3ccccc32)ccc1Br. The number of hydrogen-bond acceptors (Lipinski definition) is 2. The molecule has 0 aliphatic carbocycles. The van der Waals surface area contributed by atoms with Crippen LogP contribution in [0, 0.1) is 6.92 Å². The molecule has 0 aromatic heterocycles. The molecule has 0 radical (unpaired) electrons. The lowest BCUT2D eigenvalue weighted by Crippen LogP contribution is -2.27. The van der Waals surface area contributed by atoms with Crippen LogP contribution in [0.15, 0.2) is 46.9 Å². The molecule has 3 nitrogen and oxygen atoms in total. The van der Waals surface area contributed by atoms with Crippen molar-refractivity contribution in [1.82, 2.24) is 0 Å². The summed E-state index contributed by atoms with van der Waals surface area (Å²) in [4.78, 5) is 12.6. The minimum absolute atomic E-state index is 0.0608. The molecule has 0 saturated heterocycles. The Kier molecular flexibility index (Phi) is 3.97. The zero-order valence-electron chi connectivity index (χ0n) is 11.8. The van der Waals surface area contributed by atoms with Gasteiger partial charge in [0.05, 0.1) is 5.92 Å². The predicted molar refractivity (Wildman–Crippen MR) is 89.8 cm³/mol. The normalized spacial score (nSPS) is 16.8. The van der Waals surface area contributed by atoms with Gasteiger partial charge in [0.2, 0.25) is 5.91 Å². The summed E-state index contributed by atoms with van der Waals surface area (Å²) < 4.78 is 1.05. The summed E-state index contributed by atoms with van der Waals surface area (Å²) in [7, 11) is 0. The monoisotopic (exact) mass is 344 g/mol. The van der Waals surface area contributed by atoms with Gasteiger partial charge < -0.3 is 10.6 Å². The van der Waals surface area contributed by atoms with Crippen molar-refractivity contribution in [3.63, 3.8) is 0 Å². The number of carbonyl (C=O) groups is 1. The third kappa shape index (κ3) is 2.95. The highest BCUT2D eigenvalue weighted by molar-refractivity contribution is 9.10. The Morgan fingerprint density at radius 3 is 2.90 bits per heavy atom. The van der Waals surface area contributed by atoms with Gasteiger partial charge in [-0.25, -0.2) is 0 Å². The molecule has 4 heteroatoms. The van der Waals surface area contributed by atoms with E-state index in [1.807, 2.05) is 49.4 Å². The van der Waals surface area contributed by atoms with E-state index in [9.17, 15) is 4.79 Å². The molecule has 0 bridgehead atoms. The van der Waals surface area contributed by atoms with Crippen LogP contribution >= 0.6 is 15.9 Å². The third-order valence-electron chi connectivity index (χ3n) is 3.83. The Morgan fingerprint density at radius 1 is 1.29 bits per heavy atom. The van der Waals surface area contributed by atoms with E-state index in [1.165, 1.54) is 0 Å². The van der Waals surface area contributed by atoms with E-state index in [0.29, 0.717) is 0 Å². The Balaban J connectivity index is 1.81. The van der Waals surface area contributed by atoms with Crippen molar-refractivity contribution < 1.29 is 4.79 Å². The number of amides is 1. The molecule has 0 saturated carbocycles. The van der Waals surface area contributed by atoms with Gasteiger partial charge >= 0.3 is 0 Å². The standard InChI is InChI=1S/C17H17BrN2O/c1-11-10-12(6-7-15(11)18)20-17(21)14-8-9-19-16-5-3-2-4-13(14)16/h2-7,10,14,19H,8-9H2,1H3,(H,20,21). The first-order valence-electron chi connectivity index (χ1n) is 7.05. The van der Waals surface area contributed by atoms with Crippen molar-refractivity contribution in [2.75, 3.05) is 17.2 Å². The van der Waals surface area contributed by atoms with E-state index in [0.717, 1.165) is 39.9 Å². The summed E-state index contributed by atoms with van der Waals surface area (Å²) in [5.74, 6) is -0.0305. The van der Waals surface area contributed by atoms with E-state index in [4.69, 9.17) is 0 Å². The highest BCUT2D eigenvalue weighted by Gasteiger charge is 2.26. The van der Waals surface area contributed by atoms with Gasteiger partial charge in [-0.3, -0.25) is 4.79 Å². The first-order valence-corrected chi connectivity index (χ1v) is 7.84. The van der Waals surface area contributed by atoms with Gasteiger partial charge in [-0.2, -0.15) is 0 Å². The fraction of sp³-hybridized carbons (Fsp3) is 0.235. The number of benzene rings is 2. The minimum atomic E-state index is -0.0913. The van der Waals surface area contributed by atoms with Crippen molar-refractivity contribution in [1.29, 1.82) is 0 Å². The Morgan fingerprint density at radius 2 is 2.10 bits per heavy atom. The van der Waals surface area contributed by atoms with Crippen molar-refractivity contribution in [2.24, 2.45) is 0 Å². The average Bonchev–Trinajstić information content (AvgIpc) is 2.50. The van der Waals surface area contributed by atoms with Gasteiger partial charge in [0, 0.05) is 22.4 Å². The highest BCUT2D eigenvalue weighted by atomic mass is 79.9. The predicted octanol–water partition coefficient (Wildman–Crippen LogP) is 4.30. The van der Waals surface area contributed by atoms with Crippen LogP contribution in [0.1, 0.15) is 23.5 Å². The van der Waals surface area contributed by atoms with E-state index in [1.54, 1.807) is 0 Å². The molecule has 108 valence electrons. The fourth-order valence-electron chi connectivity index (χ4n) is 2.69. The lowest BCUT2D eigenvalue weighted by molar-refractivity contribution is -0.117. The van der Waals surface area contributed by atoms with Crippen molar-refractivity contribution in [2.45, 2.75) is 19.3 Å². The first kappa shape index (κ1) is 14.1. The molecule has 1 heterocycles. The molecule has 1 aliphatic heterocycles. The largest absolute Gasteiger partial charge is 0.385 e. The van der Waals surface area contributed by atoms with Crippen molar-refractivity contribution >= 4 is 33.2 Å². The summed E-state index contributed by atoms with van der Waals surface area (Å²) >= 11 is 3.47. The second-order valence-corrected chi connectivity index (χ2v) is 6.16. The number of anilines is 2. The second kappa shape index (κ2) is 5.90. The van der Waals surface area contributed by atoms with Gasteiger partial charge in [-0.05, 0) is 48.7 Å². The fourth-order valence-corrected chi connectivity index (χ4v) is 2.94. The lowest BCUT2D eigenvalue weighted by atomic mass is 9.90. The third-order valence-corrected chi connectivity index (χ3v) is 4.72. The molecule has 1 unspecified atom stereocenters. The van der Waals surface area contributed by atoms with Gasteiger partial charge in [0.15, 0.2) is 0 Å². The number of rotatable bonds is 2. The topological polar surface area (TPSA) is 41.1 Å². The molecule has 1 atom stereocenters. The molecule has 2 aromatic carbocycles. The molecule has 1 aliphatic rings. The molecule has 3 rings (SSSR count). The van der Waals surface area contributed by atoms with E-state index >= 15 is 0 Å². The first-order chi connectivity index (χ1) is 10.1.